The Balaban J connectivity index is 1.80. The minimum absolute atomic E-state index is 0.147. The molecule has 7 heteroatoms. The quantitative estimate of drug-likeness (QED) is 0.577. The summed E-state index contributed by atoms with van der Waals surface area (Å²) in [5.74, 6) is -0.762. The van der Waals surface area contributed by atoms with E-state index >= 15 is 0 Å². The number of carbonyl (C=O) groups is 2. The Morgan fingerprint density at radius 2 is 1.83 bits per heavy atom. The summed E-state index contributed by atoms with van der Waals surface area (Å²) in [6.07, 6.45) is 1.42. The van der Waals surface area contributed by atoms with Gasteiger partial charge < -0.3 is 10.4 Å². The molecule has 0 bridgehead atoms. The number of amides is 2. The van der Waals surface area contributed by atoms with E-state index in [4.69, 9.17) is 16.7 Å². The molecule has 0 heterocycles. The largest absolute Gasteiger partial charge is 0.508 e. The highest BCUT2D eigenvalue weighted by molar-refractivity contribution is 6.33. The lowest BCUT2D eigenvalue weighted by Crippen LogP contribution is -2.35. The molecule has 2 amide bonds. The van der Waals surface area contributed by atoms with Gasteiger partial charge in [0.2, 0.25) is 0 Å². The van der Waals surface area contributed by atoms with E-state index in [1.165, 1.54) is 18.3 Å². The number of hydrazone groups is 1. The summed E-state index contributed by atoms with van der Waals surface area (Å²) < 4.78 is 0. The molecule has 0 radical (unpaired) electrons. The first kappa shape index (κ1) is 16.5. The van der Waals surface area contributed by atoms with Gasteiger partial charge >= 0.3 is 0 Å². The fourth-order valence-electron chi connectivity index (χ4n) is 1.68. The van der Waals surface area contributed by atoms with Crippen molar-refractivity contribution >= 4 is 29.6 Å². The van der Waals surface area contributed by atoms with Crippen LogP contribution in [0.3, 0.4) is 0 Å². The number of hydrogen-bond donors (Lipinski definition) is 3. The van der Waals surface area contributed by atoms with E-state index in [0.29, 0.717) is 16.1 Å². The van der Waals surface area contributed by atoms with Crippen LogP contribution in [0.2, 0.25) is 5.02 Å². The summed E-state index contributed by atoms with van der Waals surface area (Å²) in [6, 6.07) is 12.9. The van der Waals surface area contributed by atoms with Gasteiger partial charge in [0.25, 0.3) is 11.8 Å². The van der Waals surface area contributed by atoms with Gasteiger partial charge in [-0.05, 0) is 42.0 Å². The van der Waals surface area contributed by atoms with Crippen LogP contribution < -0.4 is 10.7 Å². The van der Waals surface area contributed by atoms with Crippen molar-refractivity contribution in [2.75, 3.05) is 6.54 Å². The molecule has 0 aromatic heterocycles. The number of nitrogens with zero attached hydrogens (tertiary/aromatic N) is 1. The summed E-state index contributed by atoms with van der Waals surface area (Å²) in [6.45, 7) is -0.225. The predicted octanol–water partition coefficient (Wildman–Crippen LogP) is 1.93. The van der Waals surface area contributed by atoms with E-state index in [0.717, 1.165) is 0 Å². The predicted molar refractivity (Wildman–Crippen MR) is 87.6 cm³/mol. The number of carbonyl (C=O) groups excluding carboxylic acids is 2. The monoisotopic (exact) mass is 331 g/mol. The number of hydrogen-bond acceptors (Lipinski definition) is 4. The third-order valence-electron chi connectivity index (χ3n) is 2.82. The molecule has 3 N–H and O–H groups in total. The maximum Gasteiger partial charge on any atom is 0.259 e. The maximum absolute atomic E-state index is 11.9. The van der Waals surface area contributed by atoms with Crippen LogP contribution in [0.15, 0.2) is 53.6 Å². The first-order chi connectivity index (χ1) is 11.1. The van der Waals surface area contributed by atoms with Gasteiger partial charge in [0, 0.05) is 0 Å². The smallest absolute Gasteiger partial charge is 0.259 e. The number of aromatic hydroxyl groups is 1. The van der Waals surface area contributed by atoms with Gasteiger partial charge in [0.1, 0.15) is 5.75 Å². The van der Waals surface area contributed by atoms with Crippen molar-refractivity contribution in [1.82, 2.24) is 10.7 Å². The Morgan fingerprint density at radius 1 is 1.13 bits per heavy atom. The Morgan fingerprint density at radius 3 is 2.52 bits per heavy atom. The van der Waals surface area contributed by atoms with Crippen LogP contribution in [-0.2, 0) is 4.79 Å². The topological polar surface area (TPSA) is 90.8 Å². The van der Waals surface area contributed by atoms with Crippen molar-refractivity contribution in [3.05, 3.63) is 64.7 Å². The van der Waals surface area contributed by atoms with Crippen LogP contribution in [0.25, 0.3) is 0 Å². The lowest BCUT2D eigenvalue weighted by atomic mass is 10.2. The standard InChI is InChI=1S/C16H14ClN3O3/c17-14-4-2-1-3-13(14)16(23)18-10-15(22)20-19-9-11-5-7-12(21)8-6-11/h1-9,21H,10H2,(H,18,23)(H,20,22)/b19-9-. The zero-order valence-electron chi connectivity index (χ0n) is 12.0. The normalized spacial score (nSPS) is 10.5. The molecule has 2 rings (SSSR count). The van der Waals surface area contributed by atoms with E-state index in [1.807, 2.05) is 0 Å². The number of nitrogens with one attached hydrogen (secondary N) is 2. The van der Waals surface area contributed by atoms with Crippen LogP contribution in [0.4, 0.5) is 0 Å². The second kappa shape index (κ2) is 7.95. The molecule has 0 aliphatic rings. The Kier molecular flexibility index (Phi) is 5.71. The van der Waals surface area contributed by atoms with E-state index in [9.17, 15) is 9.59 Å². The van der Waals surface area contributed by atoms with Crippen molar-refractivity contribution in [3.8, 4) is 5.75 Å². The Hall–Kier alpha value is -2.86. The molecule has 6 nitrogen and oxygen atoms in total. The molecule has 0 aliphatic carbocycles. The third kappa shape index (κ3) is 5.12. The van der Waals surface area contributed by atoms with Crippen molar-refractivity contribution in [2.24, 2.45) is 5.10 Å². The highest BCUT2D eigenvalue weighted by Gasteiger charge is 2.10. The highest BCUT2D eigenvalue weighted by Crippen LogP contribution is 2.14. The van der Waals surface area contributed by atoms with E-state index in [2.05, 4.69) is 15.8 Å². The molecule has 2 aromatic rings. The zero-order chi connectivity index (χ0) is 16.7. The average molecular weight is 332 g/mol. The second-order valence-electron chi connectivity index (χ2n) is 4.55. The fourth-order valence-corrected chi connectivity index (χ4v) is 1.90. The van der Waals surface area contributed by atoms with Crippen LogP contribution in [-0.4, -0.2) is 29.7 Å². The number of rotatable bonds is 5. The molecular formula is C16H14ClN3O3. The van der Waals surface area contributed by atoms with Gasteiger partial charge in [-0.2, -0.15) is 5.10 Å². The highest BCUT2D eigenvalue weighted by atomic mass is 35.5. The fraction of sp³-hybridized carbons (Fsp3) is 0.0625. The van der Waals surface area contributed by atoms with Crippen molar-refractivity contribution in [2.45, 2.75) is 0 Å². The molecule has 0 aliphatic heterocycles. The maximum atomic E-state index is 11.9. The molecule has 0 saturated carbocycles. The molecule has 0 spiro atoms. The lowest BCUT2D eigenvalue weighted by Gasteiger charge is -2.05. The van der Waals surface area contributed by atoms with Crippen LogP contribution in [0, 0.1) is 0 Å². The zero-order valence-corrected chi connectivity index (χ0v) is 12.7. The molecule has 118 valence electrons. The van der Waals surface area contributed by atoms with Gasteiger partial charge in [-0.15, -0.1) is 0 Å². The molecule has 0 fully saturated rings. The van der Waals surface area contributed by atoms with Crippen molar-refractivity contribution in [1.29, 1.82) is 0 Å². The van der Waals surface area contributed by atoms with E-state index in [-0.39, 0.29) is 12.3 Å². The molecule has 0 unspecified atom stereocenters. The Bertz CT molecular complexity index is 730. The number of phenolic OH excluding ortho intramolecular Hbond substituents is 1. The molecule has 2 aromatic carbocycles. The second-order valence-corrected chi connectivity index (χ2v) is 4.95. The average Bonchev–Trinajstić information content (AvgIpc) is 2.55. The number of benzene rings is 2. The summed E-state index contributed by atoms with van der Waals surface area (Å²) in [5, 5.41) is 15.7. The summed E-state index contributed by atoms with van der Waals surface area (Å²) in [4.78, 5) is 23.5. The van der Waals surface area contributed by atoms with Crippen LogP contribution in [0.5, 0.6) is 5.75 Å². The summed E-state index contributed by atoms with van der Waals surface area (Å²) in [5.41, 5.74) is 3.30. The molecular weight excluding hydrogens is 318 g/mol. The summed E-state index contributed by atoms with van der Waals surface area (Å²) in [7, 11) is 0. The first-order valence-electron chi connectivity index (χ1n) is 6.70. The molecule has 0 atom stereocenters. The van der Waals surface area contributed by atoms with E-state index < -0.39 is 11.8 Å². The Labute approximate surface area is 137 Å². The van der Waals surface area contributed by atoms with Gasteiger partial charge in [-0.3, -0.25) is 9.59 Å². The van der Waals surface area contributed by atoms with Crippen molar-refractivity contribution in [3.63, 3.8) is 0 Å². The minimum atomic E-state index is -0.472. The third-order valence-corrected chi connectivity index (χ3v) is 3.15. The number of phenols is 1. The SMILES string of the molecule is O=C(CNC(=O)c1ccccc1Cl)N/N=C\c1ccc(O)cc1. The van der Waals surface area contributed by atoms with Gasteiger partial charge in [0.15, 0.2) is 0 Å². The van der Waals surface area contributed by atoms with E-state index in [1.54, 1.807) is 36.4 Å². The van der Waals surface area contributed by atoms with Crippen molar-refractivity contribution < 1.29 is 14.7 Å². The van der Waals surface area contributed by atoms with Gasteiger partial charge in [0.05, 0.1) is 23.3 Å². The van der Waals surface area contributed by atoms with Crippen LogP contribution in [0.1, 0.15) is 15.9 Å². The van der Waals surface area contributed by atoms with Gasteiger partial charge in [-0.25, -0.2) is 5.43 Å². The first-order valence-corrected chi connectivity index (χ1v) is 7.08. The van der Waals surface area contributed by atoms with Gasteiger partial charge in [-0.1, -0.05) is 23.7 Å². The lowest BCUT2D eigenvalue weighted by molar-refractivity contribution is -0.120. The molecule has 0 saturated heterocycles. The number of halogens is 1. The van der Waals surface area contributed by atoms with Crippen LogP contribution >= 0.6 is 11.6 Å². The molecule has 23 heavy (non-hydrogen) atoms. The minimum Gasteiger partial charge on any atom is -0.508 e. The summed E-state index contributed by atoms with van der Waals surface area (Å²) >= 11 is 5.89.